The maximum Gasteiger partial charge on any atom is 0.418 e. The second-order valence-electron chi connectivity index (χ2n) is 10.1. The number of nitrogen functional groups attached to an aromatic ring is 1. The highest BCUT2D eigenvalue weighted by Crippen LogP contribution is 2.44. The van der Waals surface area contributed by atoms with Crippen LogP contribution >= 0.6 is 0 Å². The average molecular weight is 480 g/mol. The van der Waals surface area contributed by atoms with Crippen molar-refractivity contribution in [1.82, 2.24) is 19.9 Å². The Morgan fingerprint density at radius 2 is 2.06 bits per heavy atom. The summed E-state index contributed by atoms with van der Waals surface area (Å²) >= 11 is 0. The normalized spacial score (nSPS) is 29.2. The molecule has 2 aliphatic heterocycles. The monoisotopic (exact) mass is 479 g/mol. The van der Waals surface area contributed by atoms with Crippen molar-refractivity contribution in [1.29, 1.82) is 0 Å². The largest absolute Gasteiger partial charge is 0.461 e. The van der Waals surface area contributed by atoms with Crippen LogP contribution in [0.1, 0.15) is 60.2 Å². The molecule has 0 saturated carbocycles. The van der Waals surface area contributed by atoms with E-state index in [4.69, 9.17) is 10.5 Å². The third-order valence-electron chi connectivity index (χ3n) is 7.70. The molecule has 4 atom stereocenters. The number of nitrogens with zero attached hydrogens (tertiary/aromatic N) is 4. The van der Waals surface area contributed by atoms with Crippen LogP contribution in [0.4, 0.5) is 23.4 Å². The number of rotatable bonds is 4. The predicted octanol–water partition coefficient (Wildman–Crippen LogP) is 4.25. The molecular formula is C24H29F4N5O. The van der Waals surface area contributed by atoms with Crippen LogP contribution in [0.2, 0.25) is 0 Å². The molecule has 4 heterocycles. The van der Waals surface area contributed by atoms with Crippen LogP contribution in [0, 0.1) is 12.8 Å². The van der Waals surface area contributed by atoms with Gasteiger partial charge in [-0.1, -0.05) is 6.92 Å². The van der Waals surface area contributed by atoms with Gasteiger partial charge in [0.1, 0.15) is 18.6 Å². The van der Waals surface area contributed by atoms with Crippen LogP contribution in [0.15, 0.2) is 12.3 Å². The van der Waals surface area contributed by atoms with E-state index in [9.17, 15) is 17.6 Å². The highest BCUT2D eigenvalue weighted by Gasteiger charge is 2.49. The van der Waals surface area contributed by atoms with Crippen LogP contribution in [-0.2, 0) is 19.0 Å². The first kappa shape index (κ1) is 23.3. The van der Waals surface area contributed by atoms with Gasteiger partial charge in [0.05, 0.1) is 22.5 Å². The first-order chi connectivity index (χ1) is 16.1. The van der Waals surface area contributed by atoms with Crippen molar-refractivity contribution in [2.75, 3.05) is 25.4 Å². The smallest absolute Gasteiger partial charge is 0.418 e. The first-order valence-corrected chi connectivity index (χ1v) is 11.8. The van der Waals surface area contributed by atoms with Gasteiger partial charge in [0, 0.05) is 25.1 Å². The Kier molecular flexibility index (Phi) is 5.69. The molecule has 184 valence electrons. The highest BCUT2D eigenvalue weighted by atomic mass is 19.4. The summed E-state index contributed by atoms with van der Waals surface area (Å²) in [6.07, 6.45) is -0.531. The number of hydrogen-bond donors (Lipinski definition) is 1. The number of nitrogens with two attached hydrogens (primary N) is 1. The molecule has 3 aliphatic rings. The van der Waals surface area contributed by atoms with Gasteiger partial charge in [-0.05, 0) is 62.3 Å². The van der Waals surface area contributed by atoms with E-state index in [0.717, 1.165) is 24.9 Å². The van der Waals surface area contributed by atoms with Crippen molar-refractivity contribution >= 4 is 5.82 Å². The number of halogens is 4. The quantitative estimate of drug-likeness (QED) is 0.661. The number of aromatic nitrogens is 3. The minimum atomic E-state index is -4.53. The Labute approximate surface area is 195 Å². The lowest BCUT2D eigenvalue weighted by Gasteiger charge is -2.32. The van der Waals surface area contributed by atoms with Gasteiger partial charge in [-0.3, -0.25) is 4.90 Å². The number of hydrogen-bond acceptors (Lipinski definition) is 6. The van der Waals surface area contributed by atoms with E-state index in [1.807, 2.05) is 6.92 Å². The number of anilines is 1. The zero-order chi connectivity index (χ0) is 24.3. The van der Waals surface area contributed by atoms with Gasteiger partial charge in [0.15, 0.2) is 0 Å². The Morgan fingerprint density at radius 3 is 2.82 bits per heavy atom. The molecule has 0 radical (unpaired) electrons. The lowest BCUT2D eigenvalue weighted by atomic mass is 9.76. The minimum Gasteiger partial charge on any atom is -0.461 e. The summed E-state index contributed by atoms with van der Waals surface area (Å²) in [4.78, 5) is 15.2. The Hall–Kier alpha value is -2.49. The summed E-state index contributed by atoms with van der Waals surface area (Å²) in [5, 5.41) is 0. The predicted molar refractivity (Wildman–Crippen MR) is 118 cm³/mol. The molecule has 2 aromatic heterocycles. The van der Waals surface area contributed by atoms with Gasteiger partial charge < -0.3 is 10.5 Å². The molecule has 2 N–H and O–H groups in total. The number of fused-ring (bicyclic) bond motifs is 2. The molecular weight excluding hydrogens is 450 g/mol. The van der Waals surface area contributed by atoms with Crippen molar-refractivity contribution in [3.63, 3.8) is 0 Å². The molecule has 2 aromatic rings. The highest BCUT2D eigenvalue weighted by molar-refractivity contribution is 5.45. The van der Waals surface area contributed by atoms with Crippen molar-refractivity contribution < 1.29 is 22.3 Å². The third-order valence-corrected chi connectivity index (χ3v) is 7.70. The summed E-state index contributed by atoms with van der Waals surface area (Å²) in [6.45, 7) is 4.93. The summed E-state index contributed by atoms with van der Waals surface area (Å²) in [7, 11) is 0. The third kappa shape index (κ3) is 4.10. The van der Waals surface area contributed by atoms with Crippen LogP contribution < -0.4 is 10.5 Å². The van der Waals surface area contributed by atoms with E-state index < -0.39 is 23.8 Å². The number of aryl methyl sites for hydroxylation is 1. The van der Waals surface area contributed by atoms with E-state index in [-0.39, 0.29) is 41.0 Å². The van der Waals surface area contributed by atoms with Gasteiger partial charge in [0.25, 0.3) is 0 Å². The van der Waals surface area contributed by atoms with Gasteiger partial charge >= 0.3 is 12.2 Å². The molecule has 5 rings (SSSR count). The van der Waals surface area contributed by atoms with Gasteiger partial charge in [-0.15, -0.1) is 0 Å². The standard InChI is InChI=1S/C24H29F4N5O/c1-13-6-15-10-30-22(34-12-23-4-3-5-33(23)11-16(25)9-23)31-18(15)8-17(13)21-20(24(26,27)28)14(2)7-19(29)32-21/h7,10,13,16-17H,3-6,8-9,11-12H2,1-2H3,(H2,29,32)/t13-,16+,17-,23-/m0/s1. The molecule has 0 aromatic carbocycles. The fraction of sp³-hybridized carbons (Fsp3) is 0.625. The lowest BCUT2D eigenvalue weighted by molar-refractivity contribution is -0.139. The zero-order valence-electron chi connectivity index (χ0n) is 19.3. The Bertz CT molecular complexity index is 1090. The van der Waals surface area contributed by atoms with Crippen LogP contribution in [0.3, 0.4) is 0 Å². The van der Waals surface area contributed by atoms with Gasteiger partial charge in [-0.2, -0.15) is 18.2 Å². The molecule has 0 bridgehead atoms. The second kappa shape index (κ2) is 8.32. The van der Waals surface area contributed by atoms with Crippen molar-refractivity contribution in [3.8, 4) is 6.01 Å². The summed E-state index contributed by atoms with van der Waals surface area (Å²) < 4.78 is 61.7. The van der Waals surface area contributed by atoms with Gasteiger partial charge in [0.2, 0.25) is 0 Å². The van der Waals surface area contributed by atoms with Crippen LogP contribution in [-0.4, -0.2) is 51.3 Å². The molecule has 1 aliphatic carbocycles. The minimum absolute atomic E-state index is 0.0235. The van der Waals surface area contributed by atoms with Gasteiger partial charge in [-0.25, -0.2) is 14.4 Å². The van der Waals surface area contributed by atoms with Crippen molar-refractivity contribution in [2.24, 2.45) is 5.92 Å². The first-order valence-electron chi connectivity index (χ1n) is 11.8. The molecule has 6 nitrogen and oxygen atoms in total. The van der Waals surface area contributed by atoms with Crippen LogP contribution in [0.25, 0.3) is 0 Å². The molecule has 10 heteroatoms. The SMILES string of the molecule is Cc1cc(N)nc([C@H]2Cc3nc(OC[C@@]45CCCN4C[C@H](F)C5)ncc3C[C@@H]2C)c1C(F)(F)F. The topological polar surface area (TPSA) is 77.2 Å². The van der Waals surface area contributed by atoms with E-state index in [0.29, 0.717) is 31.7 Å². The van der Waals surface area contributed by atoms with E-state index in [1.54, 1.807) is 6.20 Å². The summed E-state index contributed by atoms with van der Waals surface area (Å²) in [6, 6.07) is 1.45. The fourth-order valence-corrected chi connectivity index (χ4v) is 6.11. The number of alkyl halides is 4. The van der Waals surface area contributed by atoms with Crippen molar-refractivity contribution in [2.45, 2.75) is 69.8 Å². The second-order valence-corrected chi connectivity index (χ2v) is 10.1. The Morgan fingerprint density at radius 1 is 1.26 bits per heavy atom. The van der Waals surface area contributed by atoms with Crippen LogP contribution in [0.5, 0.6) is 6.01 Å². The Balaban J connectivity index is 1.40. The van der Waals surface area contributed by atoms with E-state index in [2.05, 4.69) is 19.9 Å². The molecule has 0 amide bonds. The summed E-state index contributed by atoms with van der Waals surface area (Å²) in [5.74, 6) is -0.503. The zero-order valence-corrected chi connectivity index (χ0v) is 19.3. The molecule has 2 fully saturated rings. The molecule has 0 spiro atoms. The van der Waals surface area contributed by atoms with E-state index >= 15 is 0 Å². The number of pyridine rings is 1. The number of ether oxygens (including phenoxy) is 1. The van der Waals surface area contributed by atoms with Crippen molar-refractivity contribution in [3.05, 3.63) is 40.3 Å². The maximum atomic E-state index is 14.0. The molecule has 0 unspecified atom stereocenters. The fourth-order valence-electron chi connectivity index (χ4n) is 6.11. The summed E-state index contributed by atoms with van der Waals surface area (Å²) in [5.41, 5.74) is 6.42. The maximum absolute atomic E-state index is 14.0. The molecule has 34 heavy (non-hydrogen) atoms. The lowest BCUT2D eigenvalue weighted by Crippen LogP contribution is -2.43. The van der Waals surface area contributed by atoms with E-state index in [1.165, 1.54) is 13.0 Å². The average Bonchev–Trinajstić information content (AvgIpc) is 3.25. The molecule has 2 saturated heterocycles.